The molecule has 19 heavy (non-hydrogen) atoms. The topological polar surface area (TPSA) is 29.1 Å². The first kappa shape index (κ1) is 18.9. The smallest absolute Gasteiger partial charge is 0.220 e. The van der Waals surface area contributed by atoms with Crippen molar-refractivity contribution in [2.24, 2.45) is 0 Å². The van der Waals surface area contributed by atoms with Crippen molar-refractivity contribution in [3.8, 4) is 0 Å². The minimum absolute atomic E-state index is 0.219. The van der Waals surface area contributed by atoms with Gasteiger partial charge in [0, 0.05) is 17.8 Å². The Labute approximate surface area is 128 Å². The van der Waals surface area contributed by atoms with E-state index >= 15 is 0 Å². The van der Waals surface area contributed by atoms with Crippen LogP contribution in [0.15, 0.2) is 0 Å². The van der Waals surface area contributed by atoms with Crippen LogP contribution in [0.1, 0.15) is 84.5 Å². The molecule has 0 radical (unpaired) electrons. The summed E-state index contributed by atoms with van der Waals surface area (Å²) in [5.41, 5.74) is 0. The Morgan fingerprint density at radius 1 is 1.00 bits per heavy atom. The average molecular weight is 334 g/mol. The van der Waals surface area contributed by atoms with Crippen LogP contribution in [0, 0.1) is 0 Å². The van der Waals surface area contributed by atoms with Crippen molar-refractivity contribution in [3.63, 3.8) is 0 Å². The van der Waals surface area contributed by atoms with Crippen molar-refractivity contribution in [2.45, 2.75) is 90.5 Å². The van der Waals surface area contributed by atoms with Crippen molar-refractivity contribution < 1.29 is 4.79 Å². The molecule has 0 aliphatic rings. The third-order valence-electron chi connectivity index (χ3n) is 3.46. The molecule has 0 saturated heterocycles. The minimum atomic E-state index is 0.219. The molecule has 0 aromatic carbocycles. The van der Waals surface area contributed by atoms with Gasteiger partial charge in [-0.3, -0.25) is 4.79 Å². The van der Waals surface area contributed by atoms with Crippen LogP contribution < -0.4 is 5.32 Å². The molecule has 0 fully saturated rings. The molecule has 0 aliphatic carbocycles. The van der Waals surface area contributed by atoms with Gasteiger partial charge in [-0.15, -0.1) is 0 Å². The average Bonchev–Trinajstić information content (AvgIpc) is 2.37. The highest BCUT2D eigenvalue weighted by Gasteiger charge is 2.05. The largest absolute Gasteiger partial charge is 0.354 e. The van der Waals surface area contributed by atoms with Gasteiger partial charge in [0.25, 0.3) is 0 Å². The molecule has 0 spiro atoms. The zero-order valence-corrected chi connectivity index (χ0v) is 14.4. The van der Waals surface area contributed by atoms with Crippen molar-refractivity contribution >= 4 is 21.8 Å². The van der Waals surface area contributed by atoms with Gasteiger partial charge in [0.05, 0.1) is 0 Å². The van der Waals surface area contributed by atoms with Gasteiger partial charge in [-0.2, -0.15) is 0 Å². The molecule has 1 N–H and O–H groups in total. The lowest BCUT2D eigenvalue weighted by Crippen LogP contribution is -2.32. The zero-order chi connectivity index (χ0) is 14.3. The van der Waals surface area contributed by atoms with E-state index in [4.69, 9.17) is 0 Å². The number of unbranched alkanes of at least 4 members (excludes halogenated alkanes) is 8. The summed E-state index contributed by atoms with van der Waals surface area (Å²) in [6, 6.07) is 0.297. The predicted octanol–water partition coefficient (Wildman–Crippen LogP) is 5.20. The first-order valence-electron chi connectivity index (χ1n) is 8.06. The van der Waals surface area contributed by atoms with E-state index in [1.165, 1.54) is 51.4 Å². The van der Waals surface area contributed by atoms with E-state index < -0.39 is 0 Å². The van der Waals surface area contributed by atoms with Crippen LogP contribution in [0.25, 0.3) is 0 Å². The quantitative estimate of drug-likeness (QED) is 0.364. The number of carbonyl (C=O) groups is 1. The summed E-state index contributed by atoms with van der Waals surface area (Å²) in [6.45, 7) is 4.32. The third kappa shape index (κ3) is 14.2. The number of alkyl halides is 1. The summed E-state index contributed by atoms with van der Waals surface area (Å²) in [4.78, 5) is 11.6. The lowest BCUT2D eigenvalue weighted by molar-refractivity contribution is -0.121. The Balaban J connectivity index is 3.23. The second-order valence-corrected chi connectivity index (χ2v) is 6.32. The van der Waals surface area contributed by atoms with Crippen LogP contribution in [0.4, 0.5) is 0 Å². The van der Waals surface area contributed by atoms with E-state index in [1.54, 1.807) is 0 Å². The Bertz CT molecular complexity index is 209. The van der Waals surface area contributed by atoms with Crippen LogP contribution in [0.3, 0.4) is 0 Å². The van der Waals surface area contributed by atoms with Crippen molar-refractivity contribution in [2.75, 3.05) is 5.33 Å². The highest BCUT2D eigenvalue weighted by atomic mass is 79.9. The molecular formula is C16H32BrNO. The normalized spacial score (nSPS) is 12.4. The highest BCUT2D eigenvalue weighted by molar-refractivity contribution is 9.09. The van der Waals surface area contributed by atoms with Crippen LogP contribution >= 0.6 is 15.9 Å². The molecule has 0 aliphatic heterocycles. The fraction of sp³-hybridized carbons (Fsp3) is 0.938. The lowest BCUT2D eigenvalue weighted by Gasteiger charge is -2.12. The van der Waals surface area contributed by atoms with E-state index in [1.807, 2.05) is 0 Å². The molecule has 0 rings (SSSR count). The Morgan fingerprint density at radius 3 is 2.05 bits per heavy atom. The molecule has 0 saturated carbocycles. The zero-order valence-electron chi connectivity index (χ0n) is 12.8. The number of halogens is 1. The molecule has 0 bridgehead atoms. The Morgan fingerprint density at radius 2 is 1.53 bits per heavy atom. The Hall–Kier alpha value is -0.0500. The number of rotatable bonds is 13. The molecular weight excluding hydrogens is 302 g/mol. The summed E-state index contributed by atoms with van der Waals surface area (Å²) in [5, 5.41) is 3.99. The van der Waals surface area contributed by atoms with Crippen LogP contribution in [0.2, 0.25) is 0 Å². The monoisotopic (exact) mass is 333 g/mol. The van der Waals surface area contributed by atoms with Gasteiger partial charge in [0.2, 0.25) is 5.91 Å². The van der Waals surface area contributed by atoms with Gasteiger partial charge < -0.3 is 5.32 Å². The number of hydrogen-bond acceptors (Lipinski definition) is 1. The van der Waals surface area contributed by atoms with Crippen molar-refractivity contribution in [1.29, 1.82) is 0 Å². The SMILES string of the molecule is CCCCCCCCCCCC(=O)NC(C)CCBr. The number of hydrogen-bond donors (Lipinski definition) is 1. The fourth-order valence-corrected chi connectivity index (χ4v) is 2.87. The maximum Gasteiger partial charge on any atom is 0.220 e. The number of carbonyl (C=O) groups excluding carboxylic acids is 1. The summed E-state index contributed by atoms with van der Waals surface area (Å²) >= 11 is 3.39. The summed E-state index contributed by atoms with van der Waals surface area (Å²) in [5.74, 6) is 0.219. The van der Waals surface area contributed by atoms with Crippen molar-refractivity contribution in [3.05, 3.63) is 0 Å². The molecule has 0 aromatic rings. The first-order chi connectivity index (χ1) is 9.20. The summed E-state index contributed by atoms with van der Waals surface area (Å²) in [6.07, 6.45) is 13.4. The van der Waals surface area contributed by atoms with Gasteiger partial charge in [-0.1, -0.05) is 74.2 Å². The van der Waals surface area contributed by atoms with Gasteiger partial charge in [-0.25, -0.2) is 0 Å². The molecule has 2 nitrogen and oxygen atoms in total. The van der Waals surface area contributed by atoms with Crippen LogP contribution in [-0.4, -0.2) is 17.3 Å². The summed E-state index contributed by atoms with van der Waals surface area (Å²) < 4.78 is 0. The second kappa shape index (κ2) is 14.4. The molecule has 1 atom stereocenters. The molecule has 0 aromatic heterocycles. The summed E-state index contributed by atoms with van der Waals surface area (Å²) in [7, 11) is 0. The standard InChI is InChI=1S/C16H32BrNO/c1-3-4-5-6-7-8-9-10-11-12-16(19)18-15(2)13-14-17/h15H,3-14H2,1-2H3,(H,18,19). The molecule has 114 valence electrons. The van der Waals surface area contributed by atoms with E-state index in [2.05, 4.69) is 35.1 Å². The maximum absolute atomic E-state index is 11.6. The van der Waals surface area contributed by atoms with Gasteiger partial charge in [-0.05, 0) is 19.8 Å². The molecule has 1 amide bonds. The van der Waals surface area contributed by atoms with E-state index in [9.17, 15) is 4.79 Å². The number of nitrogens with one attached hydrogen (secondary N) is 1. The highest BCUT2D eigenvalue weighted by Crippen LogP contribution is 2.10. The van der Waals surface area contributed by atoms with Gasteiger partial charge in [0.15, 0.2) is 0 Å². The lowest BCUT2D eigenvalue weighted by atomic mass is 10.1. The third-order valence-corrected chi connectivity index (χ3v) is 3.91. The van der Waals surface area contributed by atoms with Crippen molar-refractivity contribution in [1.82, 2.24) is 5.32 Å². The fourth-order valence-electron chi connectivity index (χ4n) is 2.18. The van der Waals surface area contributed by atoms with Crippen LogP contribution in [0.5, 0.6) is 0 Å². The molecule has 1 unspecified atom stereocenters. The van der Waals surface area contributed by atoms with E-state index in [0.29, 0.717) is 12.5 Å². The van der Waals surface area contributed by atoms with Gasteiger partial charge >= 0.3 is 0 Å². The van der Waals surface area contributed by atoms with Crippen LogP contribution in [-0.2, 0) is 4.79 Å². The van der Waals surface area contributed by atoms with Gasteiger partial charge in [0.1, 0.15) is 0 Å². The Kier molecular flexibility index (Phi) is 14.3. The number of amides is 1. The maximum atomic E-state index is 11.6. The van der Waals surface area contributed by atoms with E-state index in [0.717, 1.165) is 18.2 Å². The molecule has 0 heterocycles. The minimum Gasteiger partial charge on any atom is -0.354 e. The first-order valence-corrected chi connectivity index (χ1v) is 9.18. The predicted molar refractivity (Wildman–Crippen MR) is 87.9 cm³/mol. The second-order valence-electron chi connectivity index (χ2n) is 5.52. The molecule has 3 heteroatoms. The van der Waals surface area contributed by atoms with E-state index in [-0.39, 0.29) is 5.91 Å².